The zero-order valence-electron chi connectivity index (χ0n) is 18.8. The second kappa shape index (κ2) is 12.7. The first-order valence-corrected chi connectivity index (χ1v) is 11.3. The predicted octanol–water partition coefficient (Wildman–Crippen LogP) is 6.49. The Bertz CT molecular complexity index is 589. The van der Waals surface area contributed by atoms with Crippen molar-refractivity contribution in [2.75, 3.05) is 0 Å². The minimum atomic E-state index is -0.192. The van der Waals surface area contributed by atoms with E-state index in [0.717, 1.165) is 44.1 Å². The van der Waals surface area contributed by atoms with Gasteiger partial charge in [0.1, 0.15) is 0 Å². The maximum absolute atomic E-state index is 12.3. The number of Topliss-reactive ketones (excluding diaryl/α,β-unsaturated/α-hetero) is 1. The molecule has 0 heterocycles. The molecule has 0 fully saturated rings. The minimum Gasteiger partial charge on any atom is -0.351 e. The van der Waals surface area contributed by atoms with E-state index < -0.39 is 0 Å². The number of unbranched alkanes of at least 4 members (excludes halogenated alkanes) is 4. The lowest BCUT2D eigenvalue weighted by Crippen LogP contribution is -2.51. The van der Waals surface area contributed by atoms with E-state index in [4.69, 9.17) is 0 Å². The molecule has 1 aromatic carbocycles. The van der Waals surface area contributed by atoms with E-state index in [1.165, 1.54) is 24.8 Å². The van der Waals surface area contributed by atoms with Crippen LogP contribution in [0, 0.1) is 5.92 Å². The molecule has 1 aromatic rings. The van der Waals surface area contributed by atoms with E-state index in [1.54, 1.807) is 6.92 Å². The summed E-state index contributed by atoms with van der Waals surface area (Å²) in [4.78, 5) is 24.1. The Kier molecular flexibility index (Phi) is 11.1. The normalized spacial score (nSPS) is 13.4. The molecule has 0 bridgehead atoms. The van der Waals surface area contributed by atoms with Crippen molar-refractivity contribution in [2.24, 2.45) is 5.92 Å². The first kappa shape index (κ1) is 24.4. The van der Waals surface area contributed by atoms with Crippen LogP contribution in [-0.2, 0) is 11.2 Å². The van der Waals surface area contributed by atoms with Crippen molar-refractivity contribution < 1.29 is 9.59 Å². The molecule has 0 saturated heterocycles. The van der Waals surface area contributed by atoms with Crippen LogP contribution in [0.25, 0.3) is 0 Å². The Hall–Kier alpha value is -1.64. The van der Waals surface area contributed by atoms with Crippen LogP contribution in [0.5, 0.6) is 0 Å². The van der Waals surface area contributed by atoms with Crippen LogP contribution in [0.15, 0.2) is 24.3 Å². The summed E-state index contributed by atoms with van der Waals surface area (Å²) in [5.74, 6) is 0.752. The fraction of sp³-hybridized carbons (Fsp3) is 0.680. The average molecular weight is 388 g/mol. The Balaban J connectivity index is 2.62. The van der Waals surface area contributed by atoms with Gasteiger partial charge in [0.15, 0.2) is 5.78 Å². The van der Waals surface area contributed by atoms with Crippen molar-refractivity contribution >= 4 is 11.7 Å². The number of hydrogen-bond acceptors (Lipinski definition) is 2. The van der Waals surface area contributed by atoms with Crippen molar-refractivity contribution in [3.8, 4) is 0 Å². The molecule has 0 saturated carbocycles. The average Bonchev–Trinajstić information content (AvgIpc) is 2.67. The van der Waals surface area contributed by atoms with Gasteiger partial charge in [-0.15, -0.1) is 0 Å². The van der Waals surface area contributed by atoms with E-state index in [1.807, 2.05) is 12.1 Å². The third-order valence-corrected chi connectivity index (χ3v) is 6.06. The van der Waals surface area contributed by atoms with Gasteiger partial charge in [0, 0.05) is 24.4 Å². The van der Waals surface area contributed by atoms with Crippen molar-refractivity contribution in [3.63, 3.8) is 0 Å². The third-order valence-electron chi connectivity index (χ3n) is 6.06. The highest BCUT2D eigenvalue weighted by Gasteiger charge is 2.32. The molecule has 0 aromatic heterocycles. The highest BCUT2D eigenvalue weighted by Crippen LogP contribution is 2.29. The van der Waals surface area contributed by atoms with E-state index in [0.29, 0.717) is 12.3 Å². The first-order chi connectivity index (χ1) is 13.4. The highest BCUT2D eigenvalue weighted by atomic mass is 16.1. The zero-order valence-corrected chi connectivity index (χ0v) is 18.8. The van der Waals surface area contributed by atoms with E-state index in [-0.39, 0.29) is 17.2 Å². The van der Waals surface area contributed by atoms with Crippen LogP contribution in [0.2, 0.25) is 0 Å². The number of hydrogen-bond donors (Lipinski definition) is 1. The van der Waals surface area contributed by atoms with Crippen LogP contribution in [0.1, 0.15) is 108 Å². The van der Waals surface area contributed by atoms with Crippen LogP contribution in [0.3, 0.4) is 0 Å². The summed E-state index contributed by atoms with van der Waals surface area (Å²) in [6.07, 6.45) is 10.4. The van der Waals surface area contributed by atoms with E-state index in [9.17, 15) is 9.59 Å². The number of aryl methyl sites for hydroxylation is 1. The van der Waals surface area contributed by atoms with Gasteiger partial charge in [-0.3, -0.25) is 9.59 Å². The van der Waals surface area contributed by atoms with Gasteiger partial charge < -0.3 is 5.32 Å². The largest absolute Gasteiger partial charge is 0.351 e. The maximum Gasteiger partial charge on any atom is 0.217 e. The van der Waals surface area contributed by atoms with Gasteiger partial charge in [-0.2, -0.15) is 0 Å². The van der Waals surface area contributed by atoms with Crippen molar-refractivity contribution in [1.82, 2.24) is 5.32 Å². The number of rotatable bonds is 14. The van der Waals surface area contributed by atoms with Gasteiger partial charge in [-0.25, -0.2) is 0 Å². The number of benzene rings is 1. The fourth-order valence-electron chi connectivity index (χ4n) is 4.26. The maximum atomic E-state index is 12.3. The summed E-state index contributed by atoms with van der Waals surface area (Å²) in [5.41, 5.74) is 1.85. The van der Waals surface area contributed by atoms with Gasteiger partial charge in [0.05, 0.1) is 0 Å². The van der Waals surface area contributed by atoms with Gasteiger partial charge in [0.2, 0.25) is 5.91 Å². The topological polar surface area (TPSA) is 46.2 Å². The van der Waals surface area contributed by atoms with Gasteiger partial charge in [0.25, 0.3) is 0 Å². The number of carbonyl (C=O) groups is 2. The lowest BCUT2D eigenvalue weighted by atomic mass is 9.77. The van der Waals surface area contributed by atoms with Gasteiger partial charge >= 0.3 is 0 Å². The van der Waals surface area contributed by atoms with Crippen LogP contribution >= 0.6 is 0 Å². The van der Waals surface area contributed by atoms with Gasteiger partial charge in [-0.1, -0.05) is 83.6 Å². The molecular weight excluding hydrogens is 346 g/mol. The van der Waals surface area contributed by atoms with E-state index in [2.05, 4.69) is 45.1 Å². The Morgan fingerprint density at radius 2 is 1.57 bits per heavy atom. The second-order valence-corrected chi connectivity index (χ2v) is 8.40. The zero-order chi connectivity index (χ0) is 21.0. The summed E-state index contributed by atoms with van der Waals surface area (Å²) in [6.45, 7) is 10.4. The smallest absolute Gasteiger partial charge is 0.217 e. The Labute approximate surface area is 172 Å². The fourth-order valence-corrected chi connectivity index (χ4v) is 4.26. The summed E-state index contributed by atoms with van der Waals surface area (Å²) < 4.78 is 0. The molecule has 28 heavy (non-hydrogen) atoms. The van der Waals surface area contributed by atoms with Crippen LogP contribution < -0.4 is 5.32 Å². The predicted molar refractivity (Wildman–Crippen MR) is 119 cm³/mol. The number of amides is 1. The molecule has 0 aliphatic heterocycles. The standard InChI is InChI=1S/C25H41NO2/c1-6-9-10-11-12-13-24(28)22-16-14-21(15-17-22)18-19-25(5,26-20(4)27)23(7-2)8-3/h14-17,23H,6-13,18-19H2,1-5H3,(H,26,27). The quantitative estimate of drug-likeness (QED) is 0.293. The molecule has 0 aliphatic rings. The Morgan fingerprint density at radius 1 is 0.964 bits per heavy atom. The molecule has 3 nitrogen and oxygen atoms in total. The van der Waals surface area contributed by atoms with Crippen LogP contribution in [-0.4, -0.2) is 17.2 Å². The number of carbonyl (C=O) groups excluding carboxylic acids is 2. The molecular formula is C25H41NO2. The second-order valence-electron chi connectivity index (χ2n) is 8.40. The summed E-state index contributed by atoms with van der Waals surface area (Å²) in [6, 6.07) is 8.09. The summed E-state index contributed by atoms with van der Waals surface area (Å²) in [7, 11) is 0. The molecule has 158 valence electrons. The molecule has 1 rings (SSSR count). The van der Waals surface area contributed by atoms with E-state index >= 15 is 0 Å². The lowest BCUT2D eigenvalue weighted by molar-refractivity contribution is -0.121. The monoisotopic (exact) mass is 387 g/mol. The molecule has 0 spiro atoms. The van der Waals surface area contributed by atoms with Crippen molar-refractivity contribution in [3.05, 3.63) is 35.4 Å². The van der Waals surface area contributed by atoms with Crippen LogP contribution in [0.4, 0.5) is 0 Å². The summed E-state index contributed by atoms with van der Waals surface area (Å²) >= 11 is 0. The molecule has 1 atom stereocenters. The van der Waals surface area contributed by atoms with Gasteiger partial charge in [-0.05, 0) is 37.7 Å². The molecule has 1 unspecified atom stereocenters. The number of nitrogens with one attached hydrogen (secondary N) is 1. The SMILES string of the molecule is CCCCCCCC(=O)c1ccc(CCC(C)(NC(C)=O)C(CC)CC)cc1. The third kappa shape index (κ3) is 8.16. The molecule has 1 N–H and O–H groups in total. The lowest BCUT2D eigenvalue weighted by Gasteiger charge is -2.38. The molecule has 3 heteroatoms. The summed E-state index contributed by atoms with van der Waals surface area (Å²) in [5, 5.41) is 3.20. The highest BCUT2D eigenvalue weighted by molar-refractivity contribution is 5.96. The molecule has 1 amide bonds. The van der Waals surface area contributed by atoms with Crippen molar-refractivity contribution in [2.45, 2.75) is 104 Å². The Morgan fingerprint density at radius 3 is 2.11 bits per heavy atom. The first-order valence-electron chi connectivity index (χ1n) is 11.3. The van der Waals surface area contributed by atoms with Crippen molar-refractivity contribution in [1.29, 1.82) is 0 Å². The molecule has 0 radical (unpaired) electrons. The minimum absolute atomic E-state index is 0.0364. The number of ketones is 1. The molecule has 0 aliphatic carbocycles.